The van der Waals surface area contributed by atoms with Gasteiger partial charge in [0.1, 0.15) is 0 Å². The summed E-state index contributed by atoms with van der Waals surface area (Å²) in [6.45, 7) is 1.16. The summed E-state index contributed by atoms with van der Waals surface area (Å²) in [5.41, 5.74) is 5.59. The Morgan fingerprint density at radius 3 is 2.86 bits per heavy atom. The van der Waals surface area contributed by atoms with Crippen LogP contribution in [0.5, 0.6) is 11.5 Å². The molecule has 0 bridgehead atoms. The summed E-state index contributed by atoms with van der Waals surface area (Å²) in [6.07, 6.45) is 0.812. The van der Waals surface area contributed by atoms with Gasteiger partial charge >= 0.3 is 0 Å². The third-order valence-corrected chi connectivity index (χ3v) is 2.04. The first kappa shape index (κ1) is 8.87. The quantitative estimate of drug-likeness (QED) is 0.722. The second kappa shape index (κ2) is 3.57. The van der Waals surface area contributed by atoms with Gasteiger partial charge in [0.2, 0.25) is 0 Å². The van der Waals surface area contributed by atoms with Crippen LogP contribution < -0.4 is 15.2 Å². The number of hydrogen-bond donors (Lipinski definition) is 1. The molecule has 1 aliphatic heterocycles. The van der Waals surface area contributed by atoms with Crippen molar-refractivity contribution < 1.29 is 14.3 Å². The van der Waals surface area contributed by atoms with E-state index in [4.69, 9.17) is 15.2 Å². The zero-order valence-corrected chi connectivity index (χ0v) is 7.66. The molecule has 0 unspecified atom stereocenters. The summed E-state index contributed by atoms with van der Waals surface area (Å²) in [6, 6.07) is 5.14. The molecule has 2 rings (SSSR count). The average Bonchev–Trinajstić information content (AvgIpc) is 2.41. The molecule has 1 amide bonds. The highest BCUT2D eigenvalue weighted by Gasteiger charge is 2.16. The molecule has 74 valence electrons. The van der Waals surface area contributed by atoms with Crippen LogP contribution in [0.1, 0.15) is 16.8 Å². The number of fused-ring (bicyclic) bond motifs is 1. The predicted octanol–water partition coefficient (Wildman–Crippen LogP) is 0.947. The number of benzene rings is 1. The predicted molar refractivity (Wildman–Crippen MR) is 50.6 cm³/mol. The van der Waals surface area contributed by atoms with Gasteiger partial charge in [-0.05, 0) is 12.1 Å². The van der Waals surface area contributed by atoms with Gasteiger partial charge in [-0.2, -0.15) is 0 Å². The van der Waals surface area contributed by atoms with Gasteiger partial charge < -0.3 is 15.2 Å². The van der Waals surface area contributed by atoms with Crippen LogP contribution in [0.15, 0.2) is 18.2 Å². The Morgan fingerprint density at radius 1 is 1.29 bits per heavy atom. The topological polar surface area (TPSA) is 61.6 Å². The van der Waals surface area contributed by atoms with E-state index >= 15 is 0 Å². The Hall–Kier alpha value is -1.71. The summed E-state index contributed by atoms with van der Waals surface area (Å²) in [7, 11) is 0. The zero-order chi connectivity index (χ0) is 9.97. The van der Waals surface area contributed by atoms with Crippen molar-refractivity contribution in [2.45, 2.75) is 6.42 Å². The maximum atomic E-state index is 11.1. The van der Waals surface area contributed by atoms with Crippen molar-refractivity contribution in [1.82, 2.24) is 0 Å². The van der Waals surface area contributed by atoms with Gasteiger partial charge in [0.25, 0.3) is 5.91 Å². The second-order valence-electron chi connectivity index (χ2n) is 3.05. The molecule has 0 fully saturated rings. The first-order valence-corrected chi connectivity index (χ1v) is 4.47. The van der Waals surface area contributed by atoms with Crippen molar-refractivity contribution in [3.63, 3.8) is 0 Å². The minimum atomic E-state index is -0.493. The molecule has 0 aromatic heterocycles. The van der Waals surface area contributed by atoms with E-state index in [1.54, 1.807) is 18.2 Å². The fraction of sp³-hybridized carbons (Fsp3) is 0.300. The van der Waals surface area contributed by atoms with E-state index < -0.39 is 5.91 Å². The highest BCUT2D eigenvalue weighted by Crippen LogP contribution is 2.32. The van der Waals surface area contributed by atoms with Crippen LogP contribution in [0.3, 0.4) is 0 Å². The molecule has 0 atom stereocenters. The van der Waals surface area contributed by atoms with E-state index in [0.717, 1.165) is 6.42 Å². The van der Waals surface area contributed by atoms with Crippen LogP contribution in [0.4, 0.5) is 0 Å². The van der Waals surface area contributed by atoms with Crippen LogP contribution >= 0.6 is 0 Å². The van der Waals surface area contributed by atoms with E-state index in [0.29, 0.717) is 30.3 Å². The molecule has 1 aromatic rings. The molecule has 4 nitrogen and oxygen atoms in total. The summed E-state index contributed by atoms with van der Waals surface area (Å²) in [4.78, 5) is 11.1. The molecule has 1 heterocycles. The smallest absolute Gasteiger partial charge is 0.252 e. The molecule has 0 saturated heterocycles. The number of carbonyl (C=O) groups excluding carboxylic acids is 1. The Morgan fingerprint density at radius 2 is 2.07 bits per heavy atom. The standard InChI is InChI=1S/C10H11NO3/c11-10(12)7-3-1-4-8-9(7)14-6-2-5-13-8/h1,3-4H,2,5-6H2,(H2,11,12). The van der Waals surface area contributed by atoms with Gasteiger partial charge in [-0.15, -0.1) is 0 Å². The third-order valence-electron chi connectivity index (χ3n) is 2.04. The highest BCUT2D eigenvalue weighted by atomic mass is 16.5. The number of amides is 1. The van der Waals surface area contributed by atoms with Crippen molar-refractivity contribution >= 4 is 5.91 Å². The molecule has 14 heavy (non-hydrogen) atoms. The van der Waals surface area contributed by atoms with Gasteiger partial charge in [0.05, 0.1) is 18.8 Å². The molecule has 0 saturated carbocycles. The lowest BCUT2D eigenvalue weighted by atomic mass is 10.2. The maximum absolute atomic E-state index is 11.1. The van der Waals surface area contributed by atoms with Crippen molar-refractivity contribution in [2.75, 3.05) is 13.2 Å². The van der Waals surface area contributed by atoms with Gasteiger partial charge in [-0.25, -0.2) is 0 Å². The molecule has 0 aliphatic carbocycles. The van der Waals surface area contributed by atoms with Crippen molar-refractivity contribution in [1.29, 1.82) is 0 Å². The van der Waals surface area contributed by atoms with E-state index in [-0.39, 0.29) is 0 Å². The summed E-state index contributed by atoms with van der Waals surface area (Å²) >= 11 is 0. The van der Waals surface area contributed by atoms with Crippen molar-refractivity contribution in [3.8, 4) is 11.5 Å². The fourth-order valence-electron chi connectivity index (χ4n) is 1.39. The number of primary amides is 1. The first-order valence-electron chi connectivity index (χ1n) is 4.47. The third kappa shape index (κ3) is 1.51. The molecule has 4 heteroatoms. The van der Waals surface area contributed by atoms with E-state index in [9.17, 15) is 4.79 Å². The van der Waals surface area contributed by atoms with Gasteiger partial charge in [0.15, 0.2) is 11.5 Å². The SMILES string of the molecule is NC(=O)c1cccc2c1OCCCO2. The van der Waals surface area contributed by atoms with Crippen LogP contribution in [0.2, 0.25) is 0 Å². The maximum Gasteiger partial charge on any atom is 0.252 e. The summed E-state index contributed by atoms with van der Waals surface area (Å²) in [5.74, 6) is 0.573. The Balaban J connectivity index is 2.47. The largest absolute Gasteiger partial charge is 0.490 e. The summed E-state index contributed by atoms with van der Waals surface area (Å²) < 4.78 is 10.8. The molecule has 1 aromatic carbocycles. The van der Waals surface area contributed by atoms with E-state index in [2.05, 4.69) is 0 Å². The van der Waals surface area contributed by atoms with Crippen LogP contribution in [-0.4, -0.2) is 19.1 Å². The Bertz CT molecular complexity index is 362. The van der Waals surface area contributed by atoms with Crippen LogP contribution in [0, 0.1) is 0 Å². The number of para-hydroxylation sites is 1. The fourth-order valence-corrected chi connectivity index (χ4v) is 1.39. The Labute approximate surface area is 81.6 Å². The molecular formula is C10H11NO3. The molecule has 2 N–H and O–H groups in total. The number of carbonyl (C=O) groups is 1. The first-order chi connectivity index (χ1) is 6.79. The van der Waals surface area contributed by atoms with Gasteiger partial charge in [-0.3, -0.25) is 4.79 Å². The molecular weight excluding hydrogens is 182 g/mol. The average molecular weight is 193 g/mol. The normalized spacial score (nSPS) is 14.6. The number of hydrogen-bond acceptors (Lipinski definition) is 3. The monoisotopic (exact) mass is 193 g/mol. The lowest BCUT2D eigenvalue weighted by Crippen LogP contribution is -2.13. The second-order valence-corrected chi connectivity index (χ2v) is 3.05. The Kier molecular flexibility index (Phi) is 2.26. The minimum Gasteiger partial charge on any atom is -0.490 e. The van der Waals surface area contributed by atoms with Gasteiger partial charge in [0, 0.05) is 6.42 Å². The number of ether oxygens (including phenoxy) is 2. The van der Waals surface area contributed by atoms with Crippen LogP contribution in [-0.2, 0) is 0 Å². The highest BCUT2D eigenvalue weighted by molar-refractivity contribution is 5.96. The molecule has 1 aliphatic rings. The number of rotatable bonds is 1. The molecule has 0 radical (unpaired) electrons. The van der Waals surface area contributed by atoms with Crippen LogP contribution in [0.25, 0.3) is 0 Å². The van der Waals surface area contributed by atoms with Crippen molar-refractivity contribution in [2.24, 2.45) is 5.73 Å². The summed E-state index contributed by atoms with van der Waals surface area (Å²) in [5, 5.41) is 0. The molecule has 0 spiro atoms. The number of nitrogens with two attached hydrogens (primary N) is 1. The lowest BCUT2D eigenvalue weighted by molar-refractivity contribution is 0.0996. The van der Waals surface area contributed by atoms with E-state index in [1.807, 2.05) is 0 Å². The minimum absolute atomic E-state index is 0.379. The van der Waals surface area contributed by atoms with Gasteiger partial charge in [-0.1, -0.05) is 6.07 Å². The van der Waals surface area contributed by atoms with E-state index in [1.165, 1.54) is 0 Å². The zero-order valence-electron chi connectivity index (χ0n) is 7.66. The lowest BCUT2D eigenvalue weighted by Gasteiger charge is -2.09. The van der Waals surface area contributed by atoms with Crippen molar-refractivity contribution in [3.05, 3.63) is 23.8 Å².